The Labute approximate surface area is 213 Å². The van der Waals surface area contributed by atoms with Gasteiger partial charge in [-0.05, 0) is 36.1 Å². The number of allylic oxidation sites excluding steroid dienone is 1. The van der Waals surface area contributed by atoms with Crippen molar-refractivity contribution in [2.75, 3.05) is 11.9 Å². The summed E-state index contributed by atoms with van der Waals surface area (Å²) in [6.45, 7) is 3.51. The fraction of sp³-hybridized carbons (Fsp3) is 0.240. The molecule has 0 aliphatic heterocycles. The van der Waals surface area contributed by atoms with Crippen LogP contribution in [0.3, 0.4) is 0 Å². The zero-order valence-electron chi connectivity index (χ0n) is 20.4. The molecule has 200 valence electrons. The van der Waals surface area contributed by atoms with Crippen LogP contribution in [0.1, 0.15) is 41.0 Å². The summed E-state index contributed by atoms with van der Waals surface area (Å²) >= 11 is 0. The van der Waals surface area contributed by atoms with Crippen molar-refractivity contribution in [1.82, 2.24) is 9.55 Å². The predicted octanol–water partition coefficient (Wildman–Crippen LogP) is 4.96. The number of carbonyl (C=O) groups is 1. The first kappa shape index (κ1) is 28.0. The summed E-state index contributed by atoms with van der Waals surface area (Å²) in [5.41, 5.74) is -4.49. The van der Waals surface area contributed by atoms with Gasteiger partial charge in [-0.25, -0.2) is 4.39 Å². The van der Waals surface area contributed by atoms with Gasteiger partial charge in [-0.2, -0.15) is 13.2 Å². The van der Waals surface area contributed by atoms with Crippen LogP contribution >= 0.6 is 0 Å². The number of alkyl halides is 3. The summed E-state index contributed by atoms with van der Waals surface area (Å²) < 4.78 is 58.3. The van der Waals surface area contributed by atoms with E-state index in [1.54, 1.807) is 13.8 Å². The van der Waals surface area contributed by atoms with Crippen LogP contribution < -0.4 is 10.5 Å². The number of hydrogen-bond acceptors (Lipinski definition) is 7. The lowest BCUT2D eigenvalue weighted by molar-refractivity contribution is -0.384. The number of aromatic hydroxyl groups is 1. The van der Waals surface area contributed by atoms with E-state index in [1.807, 2.05) is 0 Å². The van der Waals surface area contributed by atoms with Crippen molar-refractivity contribution in [1.29, 1.82) is 0 Å². The molecular weight excluding hydrogens is 512 g/mol. The van der Waals surface area contributed by atoms with Gasteiger partial charge in [0, 0.05) is 37.1 Å². The lowest BCUT2D eigenvalue weighted by atomic mass is 10.0. The van der Waals surface area contributed by atoms with Gasteiger partial charge in [0.1, 0.15) is 17.1 Å². The highest BCUT2D eigenvalue weighted by molar-refractivity contribution is 5.85. The maximum Gasteiger partial charge on any atom is 0.431 e. The first-order valence-corrected chi connectivity index (χ1v) is 11.2. The van der Waals surface area contributed by atoms with Crippen LogP contribution in [-0.2, 0) is 12.8 Å². The van der Waals surface area contributed by atoms with Gasteiger partial charge in [0.15, 0.2) is 17.8 Å². The van der Waals surface area contributed by atoms with Gasteiger partial charge in [0.2, 0.25) is 0 Å². The summed E-state index contributed by atoms with van der Waals surface area (Å²) in [6, 6.07) is 3.21. The summed E-state index contributed by atoms with van der Waals surface area (Å²) in [5, 5.41) is 21.9. The molecule has 0 radical (unpaired) electrons. The van der Waals surface area contributed by atoms with Crippen LogP contribution in [0.25, 0.3) is 11.8 Å². The minimum atomic E-state index is -5.24. The molecule has 13 heteroatoms. The molecule has 0 bridgehead atoms. The van der Waals surface area contributed by atoms with Crippen molar-refractivity contribution < 1.29 is 32.4 Å². The Morgan fingerprint density at radius 2 is 1.82 bits per heavy atom. The monoisotopic (exact) mass is 534 g/mol. The highest BCUT2D eigenvalue weighted by Gasteiger charge is 2.40. The van der Waals surface area contributed by atoms with Crippen LogP contribution in [0.2, 0.25) is 0 Å². The number of nitro benzene ring substituents is 1. The van der Waals surface area contributed by atoms with E-state index in [0.29, 0.717) is 36.1 Å². The van der Waals surface area contributed by atoms with Gasteiger partial charge in [0.05, 0.1) is 10.6 Å². The summed E-state index contributed by atoms with van der Waals surface area (Å²) in [4.78, 5) is 39.9. The van der Waals surface area contributed by atoms with Crippen molar-refractivity contribution in [3.05, 3.63) is 91.0 Å². The normalized spacial score (nSPS) is 11.9. The zero-order chi connectivity index (χ0) is 28.4. The Balaban J connectivity index is 2.42. The molecule has 3 aromatic rings. The largest absolute Gasteiger partial charge is 0.507 e. The van der Waals surface area contributed by atoms with Crippen molar-refractivity contribution in [3.8, 4) is 11.4 Å². The number of pyridine rings is 2. The molecule has 0 aliphatic carbocycles. The minimum absolute atomic E-state index is 0.117. The molecule has 0 fully saturated rings. The SMILES string of the molecule is CCc1cncc(CC)c1-n1c(C=O)c(/C=C(\N(C)c2c(F)cccc2[N+](=O)[O-])C(F)(F)F)c(O)cc1=O. The third-order valence-corrected chi connectivity index (χ3v) is 5.87. The number of halogens is 4. The van der Waals surface area contributed by atoms with E-state index in [0.717, 1.165) is 29.8 Å². The molecule has 9 nitrogen and oxygen atoms in total. The molecule has 38 heavy (non-hydrogen) atoms. The predicted molar refractivity (Wildman–Crippen MR) is 131 cm³/mol. The molecule has 0 amide bonds. The Kier molecular flexibility index (Phi) is 7.98. The van der Waals surface area contributed by atoms with Crippen LogP contribution in [-0.4, -0.2) is 39.1 Å². The molecule has 2 aromatic heterocycles. The van der Waals surface area contributed by atoms with Gasteiger partial charge in [-0.15, -0.1) is 0 Å². The highest BCUT2D eigenvalue weighted by Crippen LogP contribution is 2.39. The lowest BCUT2D eigenvalue weighted by Gasteiger charge is -2.25. The molecule has 0 atom stereocenters. The number of hydrogen-bond donors (Lipinski definition) is 1. The fourth-order valence-electron chi connectivity index (χ4n) is 4.08. The summed E-state index contributed by atoms with van der Waals surface area (Å²) in [6.07, 6.45) is -1.16. The lowest BCUT2D eigenvalue weighted by Crippen LogP contribution is -2.30. The number of nitrogens with zero attached hydrogens (tertiary/aromatic N) is 4. The number of rotatable bonds is 8. The number of aromatic nitrogens is 2. The number of carbonyl (C=O) groups excluding carboxylic acids is 1. The highest BCUT2D eigenvalue weighted by atomic mass is 19.4. The molecule has 0 saturated carbocycles. The minimum Gasteiger partial charge on any atom is -0.507 e. The van der Waals surface area contributed by atoms with Crippen molar-refractivity contribution in [2.45, 2.75) is 32.9 Å². The Hall–Kier alpha value is -4.55. The topological polar surface area (TPSA) is 119 Å². The van der Waals surface area contributed by atoms with Crippen molar-refractivity contribution in [3.63, 3.8) is 0 Å². The van der Waals surface area contributed by atoms with Crippen LogP contribution in [0.5, 0.6) is 5.75 Å². The van der Waals surface area contributed by atoms with Crippen LogP contribution in [0.15, 0.2) is 47.2 Å². The van der Waals surface area contributed by atoms with Gasteiger partial charge in [-0.1, -0.05) is 19.9 Å². The quantitative estimate of drug-likeness (QED) is 0.188. The standard InChI is InChI=1S/C25H22F4N4O5/c1-4-14-11-30-12-15(5-2)23(14)32-19(13-34)16(20(35)10-22(32)36)9-21(25(27,28)29)31(3)24-17(26)7-6-8-18(24)33(37)38/h6-13,35H,4-5H2,1-3H3/b21-9-. The molecule has 1 N–H and O–H groups in total. The first-order valence-electron chi connectivity index (χ1n) is 11.2. The number of anilines is 1. The van der Waals surface area contributed by atoms with E-state index >= 15 is 0 Å². The van der Waals surface area contributed by atoms with E-state index in [-0.39, 0.29) is 16.9 Å². The number of nitro groups is 1. The number of benzene rings is 1. The third kappa shape index (κ3) is 5.12. The number of aryl methyl sites for hydroxylation is 2. The average molecular weight is 534 g/mol. The van der Waals surface area contributed by atoms with Crippen LogP contribution in [0, 0.1) is 15.9 Å². The van der Waals surface area contributed by atoms with Gasteiger partial charge in [-0.3, -0.25) is 29.3 Å². The molecule has 3 rings (SSSR count). The number of aldehydes is 1. The summed E-state index contributed by atoms with van der Waals surface area (Å²) in [7, 11) is 0.756. The third-order valence-electron chi connectivity index (χ3n) is 5.87. The Morgan fingerprint density at radius 3 is 2.32 bits per heavy atom. The average Bonchev–Trinajstić information content (AvgIpc) is 2.86. The maximum absolute atomic E-state index is 14.6. The van der Waals surface area contributed by atoms with Crippen LogP contribution in [0.4, 0.5) is 28.9 Å². The molecule has 2 heterocycles. The Morgan fingerprint density at radius 1 is 1.21 bits per heavy atom. The molecular formula is C25H22F4N4O5. The second kappa shape index (κ2) is 10.8. The smallest absolute Gasteiger partial charge is 0.431 e. The van der Waals surface area contributed by atoms with Crippen molar-refractivity contribution in [2.24, 2.45) is 0 Å². The molecule has 0 spiro atoms. The van der Waals surface area contributed by atoms with Gasteiger partial charge in [0.25, 0.3) is 11.2 Å². The first-order chi connectivity index (χ1) is 17.9. The van der Waals surface area contributed by atoms with Gasteiger partial charge >= 0.3 is 6.18 Å². The second-order valence-corrected chi connectivity index (χ2v) is 8.08. The molecule has 0 saturated heterocycles. The van der Waals surface area contributed by atoms with E-state index in [1.165, 1.54) is 12.4 Å². The fourth-order valence-corrected chi connectivity index (χ4v) is 4.08. The molecule has 1 aromatic carbocycles. The van der Waals surface area contributed by atoms with E-state index in [9.17, 15) is 42.4 Å². The zero-order valence-corrected chi connectivity index (χ0v) is 20.4. The molecule has 0 aliphatic rings. The maximum atomic E-state index is 14.6. The Bertz CT molecular complexity index is 1480. The number of para-hydroxylation sites is 1. The van der Waals surface area contributed by atoms with Crippen molar-refractivity contribution >= 4 is 23.7 Å². The van der Waals surface area contributed by atoms with E-state index in [4.69, 9.17) is 0 Å². The second-order valence-electron chi connectivity index (χ2n) is 8.08. The van der Waals surface area contributed by atoms with E-state index < -0.39 is 56.6 Å². The molecule has 0 unspecified atom stereocenters. The summed E-state index contributed by atoms with van der Waals surface area (Å²) in [5.74, 6) is -2.25. The van der Waals surface area contributed by atoms with Gasteiger partial charge < -0.3 is 10.0 Å². The van der Waals surface area contributed by atoms with E-state index in [2.05, 4.69) is 4.98 Å².